The van der Waals surface area contributed by atoms with E-state index in [9.17, 15) is 14.7 Å². The molecule has 0 radical (unpaired) electrons. The Bertz CT molecular complexity index is 1790. The number of carbonyl (C=O) groups is 2. The van der Waals surface area contributed by atoms with Crippen LogP contribution in [0.4, 0.5) is 10.1 Å². The first-order chi connectivity index (χ1) is 20.7. The topological polar surface area (TPSA) is 108 Å². The number of anilines is 1. The third-order valence-electron chi connectivity index (χ3n) is 9.19. The second kappa shape index (κ2) is 10.5. The van der Waals surface area contributed by atoms with Gasteiger partial charge in [-0.15, -0.1) is 5.10 Å². The lowest BCUT2D eigenvalue weighted by molar-refractivity contribution is -0.128. The summed E-state index contributed by atoms with van der Waals surface area (Å²) in [4.78, 5) is 28.1. The number of aromatic nitrogens is 2. The maximum absolute atomic E-state index is 15.7. The van der Waals surface area contributed by atoms with Crippen LogP contribution in [0.1, 0.15) is 58.6 Å². The zero-order valence-electron chi connectivity index (χ0n) is 23.3. The number of carboxylic acid groups (broad SMARTS) is 1. The molecule has 3 heterocycles. The van der Waals surface area contributed by atoms with Gasteiger partial charge in [-0.1, -0.05) is 41.4 Å². The zero-order chi connectivity index (χ0) is 30.0. The van der Waals surface area contributed by atoms with Crippen molar-refractivity contribution in [1.29, 1.82) is 0 Å². The van der Waals surface area contributed by atoms with Crippen LogP contribution in [-0.4, -0.2) is 51.3 Å². The normalized spacial score (nSPS) is 23.2. The lowest BCUT2D eigenvalue weighted by Gasteiger charge is -2.40. The minimum atomic E-state index is -1.15. The van der Waals surface area contributed by atoms with Crippen LogP contribution >= 0.6 is 23.2 Å². The van der Waals surface area contributed by atoms with E-state index in [0.29, 0.717) is 63.9 Å². The molecule has 1 saturated heterocycles. The number of amides is 1. The number of nitrogens with zero attached hydrogens (tertiary/aromatic N) is 2. The number of carboxylic acids is 1. The van der Waals surface area contributed by atoms with Crippen molar-refractivity contribution >= 4 is 51.7 Å². The van der Waals surface area contributed by atoms with Crippen LogP contribution in [0.5, 0.6) is 5.88 Å². The molecule has 3 aliphatic rings. The minimum Gasteiger partial charge on any atom is -0.478 e. The van der Waals surface area contributed by atoms with Crippen molar-refractivity contribution in [2.75, 3.05) is 18.5 Å². The number of aromatic carboxylic acids is 1. The van der Waals surface area contributed by atoms with Crippen LogP contribution in [0, 0.1) is 18.7 Å². The molecule has 1 amide bonds. The maximum atomic E-state index is 15.7. The fraction of sp³-hybridized carbons (Fsp3) is 0.344. The summed E-state index contributed by atoms with van der Waals surface area (Å²) in [5.41, 5.74) is 2.17. The van der Waals surface area contributed by atoms with E-state index >= 15 is 4.39 Å². The number of ether oxygens (including phenoxy) is 1. The van der Waals surface area contributed by atoms with Gasteiger partial charge in [-0.25, -0.2) is 9.18 Å². The Hall–Kier alpha value is -3.66. The van der Waals surface area contributed by atoms with E-state index in [-0.39, 0.29) is 29.1 Å². The van der Waals surface area contributed by atoms with Crippen molar-refractivity contribution in [1.82, 2.24) is 15.1 Å². The van der Waals surface area contributed by atoms with Crippen molar-refractivity contribution in [3.05, 3.63) is 86.6 Å². The molecular weight excluding hydrogens is 594 g/mol. The SMILES string of the molecule is Cc1cc2[nH]nc(OCC[C@H]3C[C@H](c4cccc(Cl)c4F)[C@]4(C(=O)Nc5cc(Cl)ccc54)N3CC3CC3)c2cc1C(=O)O. The lowest BCUT2D eigenvalue weighted by atomic mass is 9.75. The largest absolute Gasteiger partial charge is 0.478 e. The van der Waals surface area contributed by atoms with Crippen LogP contribution in [0.2, 0.25) is 10.0 Å². The number of likely N-dealkylation sites (tertiary alicyclic amines) is 1. The van der Waals surface area contributed by atoms with E-state index in [4.69, 9.17) is 27.9 Å². The Morgan fingerprint density at radius 2 is 2.02 bits per heavy atom. The third kappa shape index (κ3) is 4.56. The molecule has 2 fully saturated rings. The number of hydrogen-bond acceptors (Lipinski definition) is 5. The first-order valence-electron chi connectivity index (χ1n) is 14.4. The molecule has 3 atom stereocenters. The van der Waals surface area contributed by atoms with E-state index in [1.165, 1.54) is 6.07 Å². The highest BCUT2D eigenvalue weighted by Crippen LogP contribution is 2.59. The highest BCUT2D eigenvalue weighted by molar-refractivity contribution is 6.31. The Morgan fingerprint density at radius 1 is 1.21 bits per heavy atom. The first kappa shape index (κ1) is 28.1. The van der Waals surface area contributed by atoms with Crippen LogP contribution in [0.3, 0.4) is 0 Å². The number of nitrogens with one attached hydrogen (secondary N) is 2. The Labute approximate surface area is 257 Å². The number of halogens is 3. The molecule has 3 N–H and O–H groups in total. The monoisotopic (exact) mass is 622 g/mol. The number of fused-ring (bicyclic) bond motifs is 3. The summed E-state index contributed by atoms with van der Waals surface area (Å²) >= 11 is 12.6. The number of rotatable bonds is 8. The van der Waals surface area contributed by atoms with Crippen LogP contribution in [0.15, 0.2) is 48.5 Å². The molecule has 43 heavy (non-hydrogen) atoms. The number of carbonyl (C=O) groups excluding carboxylic acids is 1. The highest BCUT2D eigenvalue weighted by Gasteiger charge is 2.63. The van der Waals surface area contributed by atoms with Gasteiger partial charge < -0.3 is 15.2 Å². The van der Waals surface area contributed by atoms with Gasteiger partial charge in [0.05, 0.1) is 28.1 Å². The van der Waals surface area contributed by atoms with E-state index in [1.54, 1.807) is 43.3 Å². The van der Waals surface area contributed by atoms with E-state index in [0.717, 1.165) is 18.4 Å². The summed E-state index contributed by atoms with van der Waals surface area (Å²) in [5, 5.41) is 21.0. The van der Waals surface area contributed by atoms with Gasteiger partial charge in [0, 0.05) is 34.8 Å². The molecule has 8 nitrogen and oxygen atoms in total. The molecule has 1 saturated carbocycles. The molecule has 2 aliphatic heterocycles. The number of aryl methyl sites for hydroxylation is 1. The predicted octanol–water partition coefficient (Wildman–Crippen LogP) is 6.90. The average Bonchev–Trinajstić information content (AvgIpc) is 3.53. The standard InChI is InChI=1S/C32H29Cl2FN4O4/c1-16-11-26-22(14-21(16)30(40)41)29(38-37-26)43-10-9-19-13-24(20-3-2-4-25(34)28(20)35)32(39(19)15-17-5-6-17)23-8-7-18(33)12-27(23)36-31(32)42/h2-4,7-8,11-12,14,17,19,24H,5-6,9-10,13,15H2,1H3,(H,36,42)(H,37,38)(H,40,41)/t19-,24+,32+/m0/s1. The smallest absolute Gasteiger partial charge is 0.335 e. The van der Waals surface area contributed by atoms with Gasteiger partial charge in [-0.2, -0.15) is 0 Å². The maximum Gasteiger partial charge on any atom is 0.335 e. The summed E-state index contributed by atoms with van der Waals surface area (Å²) in [6, 6.07) is 13.5. The van der Waals surface area contributed by atoms with Gasteiger partial charge in [-0.05, 0) is 80.0 Å². The number of H-pyrrole nitrogens is 1. The second-order valence-corrected chi connectivity index (χ2v) is 12.6. The number of hydrogen-bond donors (Lipinski definition) is 3. The molecule has 4 aromatic rings. The van der Waals surface area contributed by atoms with Gasteiger partial charge in [0.25, 0.3) is 0 Å². The molecular formula is C32H29Cl2FN4O4. The Kier molecular flexibility index (Phi) is 6.87. The minimum absolute atomic E-state index is 0.0179. The molecule has 1 aliphatic carbocycles. The van der Waals surface area contributed by atoms with Crippen molar-refractivity contribution in [3.8, 4) is 5.88 Å². The molecule has 1 spiro atoms. The molecule has 0 unspecified atom stereocenters. The second-order valence-electron chi connectivity index (χ2n) is 11.8. The fourth-order valence-corrected chi connectivity index (χ4v) is 7.40. The predicted molar refractivity (Wildman–Crippen MR) is 162 cm³/mol. The molecule has 222 valence electrons. The van der Waals surface area contributed by atoms with E-state index in [1.807, 2.05) is 6.07 Å². The van der Waals surface area contributed by atoms with Crippen LogP contribution in [-0.2, 0) is 10.3 Å². The van der Waals surface area contributed by atoms with Gasteiger partial charge in [-0.3, -0.25) is 14.8 Å². The average molecular weight is 624 g/mol. The fourth-order valence-electron chi connectivity index (χ4n) is 7.05. The van der Waals surface area contributed by atoms with Crippen LogP contribution in [0.25, 0.3) is 10.9 Å². The summed E-state index contributed by atoms with van der Waals surface area (Å²) in [5.74, 6) is -1.48. The zero-order valence-corrected chi connectivity index (χ0v) is 24.8. The van der Waals surface area contributed by atoms with Gasteiger partial charge in [0.2, 0.25) is 11.8 Å². The van der Waals surface area contributed by atoms with Crippen LogP contribution < -0.4 is 10.1 Å². The highest BCUT2D eigenvalue weighted by atomic mass is 35.5. The van der Waals surface area contributed by atoms with Crippen molar-refractivity contribution in [2.45, 2.75) is 50.1 Å². The quantitative estimate of drug-likeness (QED) is 0.197. The van der Waals surface area contributed by atoms with Gasteiger partial charge >= 0.3 is 5.97 Å². The van der Waals surface area contributed by atoms with E-state index in [2.05, 4.69) is 20.4 Å². The van der Waals surface area contributed by atoms with Gasteiger partial charge in [0.1, 0.15) is 11.4 Å². The van der Waals surface area contributed by atoms with E-state index < -0.39 is 23.2 Å². The first-order valence-corrected chi connectivity index (χ1v) is 15.1. The molecule has 1 aromatic heterocycles. The van der Waals surface area contributed by atoms with Gasteiger partial charge in [0.15, 0.2) is 0 Å². The molecule has 3 aromatic carbocycles. The summed E-state index contributed by atoms with van der Waals surface area (Å²) in [6.07, 6.45) is 3.19. The molecule has 0 bridgehead atoms. The summed E-state index contributed by atoms with van der Waals surface area (Å²) < 4.78 is 21.8. The lowest BCUT2D eigenvalue weighted by Crippen LogP contribution is -2.53. The molecule has 7 rings (SSSR count). The molecule has 11 heteroatoms. The summed E-state index contributed by atoms with van der Waals surface area (Å²) in [7, 11) is 0. The van der Waals surface area contributed by atoms with Crippen molar-refractivity contribution in [3.63, 3.8) is 0 Å². The number of benzene rings is 3. The summed E-state index contributed by atoms with van der Waals surface area (Å²) in [6.45, 7) is 2.68. The Balaban J connectivity index is 1.26. The Morgan fingerprint density at radius 3 is 2.79 bits per heavy atom. The van der Waals surface area contributed by atoms with Crippen molar-refractivity contribution in [2.24, 2.45) is 5.92 Å². The number of aromatic amines is 1. The van der Waals surface area contributed by atoms with Crippen molar-refractivity contribution < 1.29 is 23.8 Å². The third-order valence-corrected chi connectivity index (χ3v) is 9.72.